The van der Waals surface area contributed by atoms with Crippen molar-refractivity contribution in [3.8, 4) is 0 Å². The average molecular weight is 490 g/mol. The molecule has 34 heavy (non-hydrogen) atoms. The fourth-order valence-corrected chi connectivity index (χ4v) is 4.66. The van der Waals surface area contributed by atoms with Crippen LogP contribution in [0.25, 0.3) is 0 Å². The number of ether oxygens (including phenoxy) is 2. The zero-order valence-corrected chi connectivity index (χ0v) is 21.0. The Morgan fingerprint density at radius 2 is 1.65 bits per heavy atom. The van der Waals surface area contributed by atoms with Gasteiger partial charge in [-0.1, -0.05) is 30.3 Å². The number of carbonyl (C=O) groups is 4. The zero-order valence-electron chi connectivity index (χ0n) is 20.2. The number of nitrogens with zero attached hydrogens (tertiary/aromatic N) is 1. The summed E-state index contributed by atoms with van der Waals surface area (Å²) in [5.41, 5.74) is -0.716. The number of amides is 3. The first kappa shape index (κ1) is 25.6. The summed E-state index contributed by atoms with van der Waals surface area (Å²) in [5, 5.41) is 4.89. The van der Waals surface area contributed by atoms with Crippen LogP contribution in [0.4, 0.5) is 4.79 Å². The molecule has 3 atom stereocenters. The molecule has 3 rings (SSSR count). The second-order valence-corrected chi connectivity index (χ2v) is 11.1. The number of fused-ring (bicyclic) bond motifs is 1. The van der Waals surface area contributed by atoms with Crippen LogP contribution in [0.1, 0.15) is 53.1 Å². The Morgan fingerprint density at radius 3 is 2.24 bits per heavy atom. The van der Waals surface area contributed by atoms with Gasteiger partial charge in [0.25, 0.3) is 5.91 Å². The highest BCUT2D eigenvalue weighted by molar-refractivity contribution is 8.00. The Labute approximate surface area is 203 Å². The Bertz CT molecular complexity index is 996. The van der Waals surface area contributed by atoms with Gasteiger partial charge < -0.3 is 20.1 Å². The minimum atomic E-state index is -1.06. The smallest absolute Gasteiger partial charge is 0.408 e. The van der Waals surface area contributed by atoms with Gasteiger partial charge in [0.2, 0.25) is 5.91 Å². The molecule has 0 spiro atoms. The van der Waals surface area contributed by atoms with Gasteiger partial charge in [0.15, 0.2) is 0 Å². The number of thioether (sulfide) groups is 1. The van der Waals surface area contributed by atoms with E-state index in [9.17, 15) is 19.2 Å². The third-order valence-electron chi connectivity index (χ3n) is 4.81. The first-order valence-corrected chi connectivity index (χ1v) is 12.0. The number of carbonyl (C=O) groups excluding carboxylic acids is 4. The molecule has 0 bridgehead atoms. The monoisotopic (exact) mass is 489 g/mol. The van der Waals surface area contributed by atoms with Gasteiger partial charge in [-0.05, 0) is 53.2 Å². The number of β-lactam (4-membered cyclic amide) rings is 1. The van der Waals surface area contributed by atoms with Crippen LogP contribution in [-0.2, 0) is 23.9 Å². The van der Waals surface area contributed by atoms with Crippen molar-refractivity contribution in [1.29, 1.82) is 0 Å². The highest BCUT2D eigenvalue weighted by atomic mass is 32.2. The van der Waals surface area contributed by atoms with E-state index in [0.29, 0.717) is 11.3 Å². The largest absolute Gasteiger partial charge is 0.455 e. The minimum absolute atomic E-state index is 0.181. The molecule has 1 aromatic carbocycles. The van der Waals surface area contributed by atoms with Crippen molar-refractivity contribution in [2.75, 3.05) is 5.75 Å². The first-order chi connectivity index (χ1) is 15.8. The van der Waals surface area contributed by atoms with Gasteiger partial charge in [0.1, 0.15) is 34.4 Å². The first-order valence-electron chi connectivity index (χ1n) is 11.0. The van der Waals surface area contributed by atoms with Gasteiger partial charge in [-0.2, -0.15) is 0 Å². The minimum Gasteiger partial charge on any atom is -0.455 e. The van der Waals surface area contributed by atoms with Crippen molar-refractivity contribution in [3.63, 3.8) is 0 Å². The van der Waals surface area contributed by atoms with Gasteiger partial charge in [0.05, 0.1) is 0 Å². The number of esters is 1. The number of alkyl carbamates (subject to hydrolysis) is 1. The summed E-state index contributed by atoms with van der Waals surface area (Å²) in [6.45, 7) is 10.4. The third-order valence-corrected chi connectivity index (χ3v) is 5.99. The SMILES string of the molecule is CC(C)(C)OC(=O)NC(C(=O)N[C@@H]1C(=O)N2C(C(=O)OC(C)(C)C)=CCS[C@@H]12)c1ccccc1. The number of benzene rings is 1. The molecule has 1 fully saturated rings. The standard InChI is InChI=1S/C24H31N3O6S/c1-23(2,3)32-21(30)15-12-13-34-20-17(19(29)27(15)20)25-18(28)16(14-10-8-7-9-11-14)26-22(31)33-24(4,5)6/h7-12,16-17,20H,13H2,1-6H3,(H,25,28)(H,26,31)/t16?,17-,20+/m1/s1. The Balaban J connectivity index is 1.73. The van der Waals surface area contributed by atoms with Crippen molar-refractivity contribution < 1.29 is 28.7 Å². The lowest BCUT2D eigenvalue weighted by atomic mass is 10.0. The lowest BCUT2D eigenvalue weighted by molar-refractivity contribution is -0.158. The Kier molecular flexibility index (Phi) is 7.30. The fourth-order valence-electron chi connectivity index (χ4n) is 3.47. The molecule has 2 aliphatic rings. The molecule has 0 radical (unpaired) electrons. The van der Waals surface area contributed by atoms with E-state index in [4.69, 9.17) is 9.47 Å². The molecule has 0 aliphatic carbocycles. The molecule has 3 amide bonds. The van der Waals surface area contributed by atoms with E-state index >= 15 is 0 Å². The predicted molar refractivity (Wildman–Crippen MR) is 128 cm³/mol. The highest BCUT2D eigenvalue weighted by Gasteiger charge is 2.53. The number of hydrogen-bond donors (Lipinski definition) is 2. The molecule has 1 saturated heterocycles. The number of hydrogen-bond acceptors (Lipinski definition) is 7. The Hall–Kier alpha value is -3.01. The predicted octanol–water partition coefficient (Wildman–Crippen LogP) is 2.88. The molecule has 184 valence electrons. The lowest BCUT2D eigenvalue weighted by Gasteiger charge is -2.49. The maximum atomic E-state index is 13.2. The fraction of sp³-hybridized carbons (Fsp3) is 0.500. The van der Waals surface area contributed by atoms with Gasteiger partial charge in [-0.15, -0.1) is 11.8 Å². The van der Waals surface area contributed by atoms with Crippen LogP contribution in [0.2, 0.25) is 0 Å². The maximum absolute atomic E-state index is 13.2. The molecule has 0 aromatic heterocycles. The summed E-state index contributed by atoms with van der Waals surface area (Å²) in [4.78, 5) is 52.4. The second-order valence-electron chi connectivity index (χ2n) is 10.00. The van der Waals surface area contributed by atoms with Crippen molar-refractivity contribution in [2.45, 2.75) is 70.2 Å². The van der Waals surface area contributed by atoms with Crippen LogP contribution in [0.5, 0.6) is 0 Å². The van der Waals surface area contributed by atoms with E-state index in [0.717, 1.165) is 0 Å². The van der Waals surface area contributed by atoms with E-state index in [-0.39, 0.29) is 5.70 Å². The highest BCUT2D eigenvalue weighted by Crippen LogP contribution is 2.38. The summed E-state index contributed by atoms with van der Waals surface area (Å²) in [7, 11) is 0. The van der Waals surface area contributed by atoms with Crippen LogP contribution >= 0.6 is 11.8 Å². The molecule has 0 saturated carbocycles. The molecule has 2 heterocycles. The number of rotatable bonds is 5. The molecule has 2 aliphatic heterocycles. The number of nitrogens with one attached hydrogen (secondary N) is 2. The van der Waals surface area contributed by atoms with Crippen LogP contribution in [0.3, 0.4) is 0 Å². The van der Waals surface area contributed by atoms with Crippen molar-refractivity contribution in [2.24, 2.45) is 0 Å². The van der Waals surface area contributed by atoms with E-state index in [2.05, 4.69) is 10.6 Å². The molecule has 10 heteroatoms. The molecule has 1 aromatic rings. The summed E-state index contributed by atoms with van der Waals surface area (Å²) in [6.07, 6.45) is 0.905. The van der Waals surface area contributed by atoms with E-state index < -0.39 is 52.5 Å². The topological polar surface area (TPSA) is 114 Å². The van der Waals surface area contributed by atoms with Gasteiger partial charge in [-0.3, -0.25) is 14.5 Å². The quantitative estimate of drug-likeness (QED) is 0.483. The van der Waals surface area contributed by atoms with Crippen molar-refractivity contribution in [3.05, 3.63) is 47.7 Å². The maximum Gasteiger partial charge on any atom is 0.408 e. The molecule has 1 unspecified atom stereocenters. The van der Waals surface area contributed by atoms with Crippen molar-refractivity contribution in [1.82, 2.24) is 15.5 Å². The molecular weight excluding hydrogens is 458 g/mol. The van der Waals surface area contributed by atoms with E-state index in [1.807, 2.05) is 0 Å². The van der Waals surface area contributed by atoms with E-state index in [1.54, 1.807) is 78.0 Å². The summed E-state index contributed by atoms with van der Waals surface area (Å²) in [6, 6.07) is 6.80. The van der Waals surface area contributed by atoms with Gasteiger partial charge in [-0.25, -0.2) is 9.59 Å². The van der Waals surface area contributed by atoms with Crippen LogP contribution in [0.15, 0.2) is 42.1 Å². The molecular formula is C24H31N3O6S. The van der Waals surface area contributed by atoms with E-state index in [1.165, 1.54) is 16.7 Å². The molecule has 9 nitrogen and oxygen atoms in total. The van der Waals surface area contributed by atoms with Crippen LogP contribution < -0.4 is 10.6 Å². The second kappa shape index (κ2) is 9.69. The van der Waals surface area contributed by atoms with Crippen molar-refractivity contribution >= 4 is 35.6 Å². The summed E-state index contributed by atoms with van der Waals surface area (Å²) in [5.74, 6) is -1.05. The van der Waals surface area contributed by atoms with Crippen LogP contribution in [0, 0.1) is 0 Å². The normalized spacial score (nSPS) is 20.8. The average Bonchev–Trinajstić information content (AvgIpc) is 2.73. The van der Waals surface area contributed by atoms with Gasteiger partial charge in [0, 0.05) is 5.75 Å². The summed E-state index contributed by atoms with van der Waals surface area (Å²) < 4.78 is 10.7. The zero-order chi connectivity index (χ0) is 25.3. The Morgan fingerprint density at radius 1 is 1.03 bits per heavy atom. The summed E-state index contributed by atoms with van der Waals surface area (Å²) >= 11 is 1.43. The van der Waals surface area contributed by atoms with Gasteiger partial charge >= 0.3 is 12.1 Å². The molecule has 2 N–H and O–H groups in total. The lowest BCUT2D eigenvalue weighted by Crippen LogP contribution is -2.71. The van der Waals surface area contributed by atoms with Crippen LogP contribution in [-0.4, -0.2) is 57.1 Å². The third kappa shape index (κ3) is 6.11.